The Labute approximate surface area is 160 Å². The topological polar surface area (TPSA) is 66.5 Å². The first-order valence-corrected chi connectivity index (χ1v) is 9.82. The Kier molecular flexibility index (Phi) is 5.20. The molecule has 0 saturated carbocycles. The smallest absolute Gasteiger partial charge is 0.335 e. The fourth-order valence-electron chi connectivity index (χ4n) is 2.99. The van der Waals surface area contributed by atoms with Crippen molar-refractivity contribution >= 4 is 21.6 Å². The van der Waals surface area contributed by atoms with E-state index in [0.717, 1.165) is 29.3 Å². The van der Waals surface area contributed by atoms with Crippen molar-refractivity contribution in [2.75, 3.05) is 11.3 Å². The second kappa shape index (κ2) is 7.31. The number of hydrogen-bond acceptors (Lipinski definition) is 3. The zero-order valence-corrected chi connectivity index (χ0v) is 15.5. The Hall–Kier alpha value is -2.81. The Morgan fingerprint density at radius 3 is 2.57 bits per heavy atom. The second-order valence-electron chi connectivity index (χ2n) is 6.33. The number of amides is 1. The van der Waals surface area contributed by atoms with E-state index in [0.29, 0.717) is 25.6 Å². The van der Waals surface area contributed by atoms with E-state index < -0.39 is 26.7 Å². The highest BCUT2D eigenvalue weighted by Gasteiger charge is 2.31. The number of nitrogens with one attached hydrogen (secondary N) is 1. The third-order valence-corrected chi connectivity index (χ3v) is 5.81. The Morgan fingerprint density at radius 2 is 1.89 bits per heavy atom. The van der Waals surface area contributed by atoms with Gasteiger partial charge in [0.2, 0.25) is 5.91 Å². The highest BCUT2D eigenvalue weighted by atomic mass is 32.2. The van der Waals surface area contributed by atoms with E-state index >= 15 is 0 Å². The maximum absolute atomic E-state index is 12.8. The van der Waals surface area contributed by atoms with Crippen molar-refractivity contribution in [2.24, 2.45) is 0 Å². The van der Waals surface area contributed by atoms with E-state index in [4.69, 9.17) is 0 Å². The van der Waals surface area contributed by atoms with Crippen molar-refractivity contribution in [3.8, 4) is 0 Å². The monoisotopic (exact) mass is 410 g/mol. The van der Waals surface area contributed by atoms with Crippen molar-refractivity contribution in [3.05, 3.63) is 71.8 Å². The maximum Gasteiger partial charge on any atom is 0.416 e. The van der Waals surface area contributed by atoms with Gasteiger partial charge in [-0.2, -0.15) is 13.2 Å². The van der Waals surface area contributed by atoms with Crippen LogP contribution >= 0.6 is 0 Å². The summed E-state index contributed by atoms with van der Waals surface area (Å²) in [5.41, 5.74) is 0.966. The molecule has 0 aliphatic carbocycles. The predicted molar refractivity (Wildman–Crippen MR) is 98.0 cm³/mol. The number of anilines is 1. The molecule has 0 aromatic heterocycles. The van der Waals surface area contributed by atoms with Crippen LogP contribution in [0.2, 0.25) is 0 Å². The molecule has 0 saturated heterocycles. The number of carbonyl (C=O) groups is 1. The molecule has 148 valence electrons. The molecule has 9 heteroatoms. The Balaban J connectivity index is 1.83. The molecule has 5 nitrogen and oxygen atoms in total. The number of fused-ring (bicyclic) bond motifs is 1. The number of carbonyl (C=O) groups excluding carboxylic acids is 1. The molecular formula is C19H17F3N2O3S. The van der Waals surface area contributed by atoms with E-state index in [1.54, 1.807) is 17.0 Å². The summed E-state index contributed by atoms with van der Waals surface area (Å²) in [6.45, 7) is 4.32. The molecule has 2 aromatic rings. The molecule has 0 spiro atoms. The molecule has 0 bridgehead atoms. The zero-order valence-electron chi connectivity index (χ0n) is 14.7. The minimum absolute atomic E-state index is 0.181. The number of rotatable bonds is 4. The average molecular weight is 410 g/mol. The van der Waals surface area contributed by atoms with Crippen LogP contribution in [0.5, 0.6) is 0 Å². The van der Waals surface area contributed by atoms with E-state index in [-0.39, 0.29) is 11.6 Å². The minimum atomic E-state index is -4.63. The summed E-state index contributed by atoms with van der Waals surface area (Å²) in [6.07, 6.45) is -2.86. The standard InChI is InChI=1S/C19H17F3N2O3S/c1-2-18(25)24-9-8-13-10-16(7-6-14(13)12-24)23-28(26,27)17-5-3-4-15(11-17)19(20,21)22/h2-7,10-11,23H,1,8-9,12H2. The van der Waals surface area contributed by atoms with E-state index in [1.165, 1.54) is 12.1 Å². The van der Waals surface area contributed by atoms with Gasteiger partial charge in [0.1, 0.15) is 0 Å². The van der Waals surface area contributed by atoms with Crippen LogP contribution in [0.25, 0.3) is 0 Å². The van der Waals surface area contributed by atoms with Gasteiger partial charge in [0.05, 0.1) is 10.5 Å². The number of halogens is 3. The normalized spacial score (nSPS) is 14.3. The van der Waals surface area contributed by atoms with Gasteiger partial charge in [-0.1, -0.05) is 18.7 Å². The third kappa shape index (κ3) is 4.19. The summed E-state index contributed by atoms with van der Waals surface area (Å²) in [4.78, 5) is 12.9. The van der Waals surface area contributed by atoms with Gasteiger partial charge in [-0.15, -0.1) is 0 Å². The highest BCUT2D eigenvalue weighted by Crippen LogP contribution is 2.31. The minimum Gasteiger partial charge on any atom is -0.335 e. The summed E-state index contributed by atoms with van der Waals surface area (Å²) in [7, 11) is -4.18. The highest BCUT2D eigenvalue weighted by molar-refractivity contribution is 7.92. The van der Waals surface area contributed by atoms with Gasteiger partial charge in [-0.3, -0.25) is 9.52 Å². The Morgan fingerprint density at radius 1 is 1.14 bits per heavy atom. The summed E-state index contributed by atoms with van der Waals surface area (Å²) >= 11 is 0. The molecular weight excluding hydrogens is 393 g/mol. The van der Waals surface area contributed by atoms with Gasteiger partial charge in [-0.25, -0.2) is 8.42 Å². The van der Waals surface area contributed by atoms with Crippen molar-refractivity contribution in [1.29, 1.82) is 0 Å². The van der Waals surface area contributed by atoms with Crippen LogP contribution in [0.3, 0.4) is 0 Å². The van der Waals surface area contributed by atoms with Crippen LogP contribution in [0.4, 0.5) is 18.9 Å². The van der Waals surface area contributed by atoms with E-state index in [2.05, 4.69) is 11.3 Å². The lowest BCUT2D eigenvalue weighted by atomic mass is 9.99. The van der Waals surface area contributed by atoms with Crippen molar-refractivity contribution in [3.63, 3.8) is 0 Å². The van der Waals surface area contributed by atoms with Crippen molar-refractivity contribution in [2.45, 2.75) is 24.0 Å². The summed E-state index contributed by atoms with van der Waals surface area (Å²) in [5.74, 6) is -0.181. The molecule has 1 aliphatic heterocycles. The summed E-state index contributed by atoms with van der Waals surface area (Å²) < 4.78 is 65.8. The number of alkyl halides is 3. The van der Waals surface area contributed by atoms with Crippen LogP contribution < -0.4 is 4.72 Å². The number of nitrogens with zero attached hydrogens (tertiary/aromatic N) is 1. The first-order valence-electron chi connectivity index (χ1n) is 8.33. The summed E-state index contributed by atoms with van der Waals surface area (Å²) in [6, 6.07) is 8.42. The molecule has 0 unspecified atom stereocenters. The van der Waals surface area contributed by atoms with Gasteiger partial charge < -0.3 is 4.90 Å². The fourth-order valence-corrected chi connectivity index (χ4v) is 4.08. The van der Waals surface area contributed by atoms with Crippen LogP contribution in [0, 0.1) is 0 Å². The average Bonchev–Trinajstić information content (AvgIpc) is 2.66. The van der Waals surface area contributed by atoms with Gasteiger partial charge >= 0.3 is 6.18 Å². The second-order valence-corrected chi connectivity index (χ2v) is 8.01. The van der Waals surface area contributed by atoms with Crippen molar-refractivity contribution in [1.82, 2.24) is 4.90 Å². The van der Waals surface area contributed by atoms with Crippen LogP contribution in [-0.2, 0) is 34.0 Å². The third-order valence-electron chi connectivity index (χ3n) is 4.43. The number of hydrogen-bond donors (Lipinski definition) is 1. The van der Waals surface area contributed by atoms with E-state index in [9.17, 15) is 26.4 Å². The molecule has 0 fully saturated rings. The van der Waals surface area contributed by atoms with Crippen LogP contribution in [0.1, 0.15) is 16.7 Å². The molecule has 1 amide bonds. The maximum atomic E-state index is 12.8. The van der Waals surface area contributed by atoms with Crippen LogP contribution in [0.15, 0.2) is 60.0 Å². The number of sulfonamides is 1. The molecule has 3 rings (SSSR count). The molecule has 2 aromatic carbocycles. The predicted octanol–water partition coefficient (Wildman–Crippen LogP) is 3.58. The van der Waals surface area contributed by atoms with Crippen molar-refractivity contribution < 1.29 is 26.4 Å². The first kappa shape index (κ1) is 19.9. The molecule has 1 N–H and O–H groups in total. The lowest BCUT2D eigenvalue weighted by molar-refractivity contribution is -0.137. The molecule has 1 heterocycles. The van der Waals surface area contributed by atoms with E-state index in [1.807, 2.05) is 0 Å². The van der Waals surface area contributed by atoms with Gasteiger partial charge in [-0.05, 0) is 54.0 Å². The largest absolute Gasteiger partial charge is 0.416 e. The van der Waals surface area contributed by atoms with Gasteiger partial charge in [0.15, 0.2) is 0 Å². The zero-order chi connectivity index (χ0) is 20.5. The SMILES string of the molecule is C=CC(=O)N1CCc2cc(NS(=O)(=O)c3cccc(C(F)(F)F)c3)ccc2C1. The molecule has 0 radical (unpaired) electrons. The first-order chi connectivity index (χ1) is 13.1. The quantitative estimate of drug-likeness (QED) is 0.784. The van der Waals surface area contributed by atoms with Gasteiger partial charge in [0.25, 0.3) is 10.0 Å². The fraction of sp³-hybridized carbons (Fsp3) is 0.211. The summed E-state index contributed by atoms with van der Waals surface area (Å²) in [5, 5.41) is 0. The lowest BCUT2D eigenvalue weighted by Gasteiger charge is -2.28. The lowest BCUT2D eigenvalue weighted by Crippen LogP contribution is -2.34. The number of benzene rings is 2. The van der Waals surface area contributed by atoms with Gasteiger partial charge in [0, 0.05) is 18.8 Å². The Bertz CT molecular complexity index is 1030. The molecule has 1 aliphatic rings. The molecule has 28 heavy (non-hydrogen) atoms. The molecule has 0 atom stereocenters. The van der Waals surface area contributed by atoms with Crippen LogP contribution in [-0.4, -0.2) is 25.8 Å².